The molecule has 0 rings (SSSR count). The highest BCUT2D eigenvalue weighted by Crippen LogP contribution is 1.85. The van der Waals surface area contributed by atoms with Gasteiger partial charge < -0.3 is 0 Å². The maximum absolute atomic E-state index is 10.8. The number of rotatable bonds is 4. The summed E-state index contributed by atoms with van der Waals surface area (Å²) in [5.74, 6) is 0. The summed E-state index contributed by atoms with van der Waals surface area (Å²) in [7, 11) is -0.423. The number of nitrogens with zero attached hydrogens (tertiary/aromatic N) is 1. The standard InChI is InChI=1S/C4H12N3O2S/c1-7(2)10(8,9)6-4-3-5/h5-6H,3-4H2,1-2H3. The van der Waals surface area contributed by atoms with Gasteiger partial charge in [0.15, 0.2) is 0 Å². The van der Waals surface area contributed by atoms with Crippen LogP contribution >= 0.6 is 0 Å². The first-order valence-corrected chi connectivity index (χ1v) is 4.26. The summed E-state index contributed by atoms with van der Waals surface area (Å²) in [6.45, 7) is 0.230. The van der Waals surface area contributed by atoms with Crippen molar-refractivity contribution >= 4 is 10.2 Å². The van der Waals surface area contributed by atoms with Gasteiger partial charge in [-0.2, -0.15) is 12.7 Å². The maximum atomic E-state index is 10.8. The minimum Gasteiger partial charge on any atom is -0.256 e. The van der Waals surface area contributed by atoms with Gasteiger partial charge in [0.2, 0.25) is 0 Å². The molecule has 0 saturated carbocycles. The molecule has 0 aliphatic rings. The fraction of sp³-hybridized carbons (Fsp3) is 1.00. The van der Waals surface area contributed by atoms with Crippen molar-refractivity contribution in [1.82, 2.24) is 14.8 Å². The Balaban J connectivity index is 3.90. The topological polar surface area (TPSA) is 73.2 Å². The summed E-state index contributed by atoms with van der Waals surface area (Å²) >= 11 is 0. The smallest absolute Gasteiger partial charge is 0.256 e. The minimum atomic E-state index is -3.30. The molecule has 0 fully saturated rings. The van der Waals surface area contributed by atoms with Crippen LogP contribution < -0.4 is 10.5 Å². The van der Waals surface area contributed by atoms with Crippen molar-refractivity contribution in [3.05, 3.63) is 0 Å². The predicted molar refractivity (Wildman–Crippen MR) is 38.6 cm³/mol. The van der Waals surface area contributed by atoms with Gasteiger partial charge in [-0.05, 0) is 0 Å². The van der Waals surface area contributed by atoms with Crippen LogP contribution in [0.2, 0.25) is 0 Å². The molecule has 0 atom stereocenters. The van der Waals surface area contributed by atoms with Gasteiger partial charge in [-0.3, -0.25) is 5.73 Å². The highest BCUT2D eigenvalue weighted by atomic mass is 32.2. The quantitative estimate of drug-likeness (QED) is 0.561. The van der Waals surface area contributed by atoms with Gasteiger partial charge in [0.25, 0.3) is 10.2 Å². The van der Waals surface area contributed by atoms with Crippen molar-refractivity contribution in [2.75, 3.05) is 27.2 Å². The highest BCUT2D eigenvalue weighted by molar-refractivity contribution is 7.87. The van der Waals surface area contributed by atoms with E-state index in [0.717, 1.165) is 4.31 Å². The SMILES string of the molecule is CN(C)S(=O)(=O)NCC[NH]. The lowest BCUT2D eigenvalue weighted by atomic mass is 10.7. The summed E-state index contributed by atoms with van der Waals surface area (Å²) in [5.41, 5.74) is 6.68. The second-order valence-corrected chi connectivity index (χ2v) is 3.90. The third-order valence-electron chi connectivity index (χ3n) is 0.890. The van der Waals surface area contributed by atoms with E-state index in [0.29, 0.717) is 0 Å². The molecule has 0 heterocycles. The second-order valence-electron chi connectivity index (χ2n) is 1.93. The first-order valence-electron chi connectivity index (χ1n) is 2.82. The first-order chi connectivity index (χ1) is 4.50. The predicted octanol–water partition coefficient (Wildman–Crippen LogP) is -1.33. The number of hydrogen-bond donors (Lipinski definition) is 1. The molecule has 0 aliphatic carbocycles. The van der Waals surface area contributed by atoms with Crippen LogP contribution in [0.3, 0.4) is 0 Å². The van der Waals surface area contributed by atoms with E-state index in [1.807, 2.05) is 0 Å². The highest BCUT2D eigenvalue weighted by Gasteiger charge is 2.10. The van der Waals surface area contributed by atoms with Crippen LogP contribution in [-0.4, -0.2) is 39.9 Å². The molecule has 0 spiro atoms. The Morgan fingerprint density at radius 3 is 2.30 bits per heavy atom. The first kappa shape index (κ1) is 9.83. The normalized spacial score (nSPS) is 12.4. The van der Waals surface area contributed by atoms with Gasteiger partial charge in [-0.1, -0.05) is 0 Å². The lowest BCUT2D eigenvalue weighted by Crippen LogP contribution is -2.37. The summed E-state index contributed by atoms with van der Waals surface area (Å²) in [5, 5.41) is 0. The van der Waals surface area contributed by atoms with Gasteiger partial charge in [0.1, 0.15) is 0 Å². The molecule has 1 radical (unpaired) electrons. The summed E-state index contributed by atoms with van der Waals surface area (Å²) in [6, 6.07) is 0. The lowest BCUT2D eigenvalue weighted by molar-refractivity contribution is 0.506. The fourth-order valence-electron chi connectivity index (χ4n) is 0.309. The Kier molecular flexibility index (Phi) is 3.80. The van der Waals surface area contributed by atoms with Crippen molar-refractivity contribution in [2.24, 2.45) is 0 Å². The molecule has 0 aliphatic heterocycles. The van der Waals surface area contributed by atoms with Crippen LogP contribution in [-0.2, 0) is 10.2 Å². The molecule has 0 aromatic heterocycles. The molecule has 10 heavy (non-hydrogen) atoms. The molecule has 61 valence electrons. The van der Waals surface area contributed by atoms with Crippen molar-refractivity contribution in [3.63, 3.8) is 0 Å². The zero-order valence-corrected chi connectivity index (χ0v) is 6.90. The van der Waals surface area contributed by atoms with Crippen molar-refractivity contribution in [2.45, 2.75) is 0 Å². The van der Waals surface area contributed by atoms with E-state index in [9.17, 15) is 8.42 Å². The van der Waals surface area contributed by atoms with Crippen LogP contribution in [0.1, 0.15) is 0 Å². The Hall–Kier alpha value is -0.170. The van der Waals surface area contributed by atoms with Gasteiger partial charge in [-0.15, -0.1) is 0 Å². The van der Waals surface area contributed by atoms with E-state index in [1.165, 1.54) is 14.1 Å². The lowest BCUT2D eigenvalue weighted by Gasteiger charge is -2.10. The van der Waals surface area contributed by atoms with Crippen molar-refractivity contribution in [1.29, 1.82) is 0 Å². The molecular formula is C4H12N3O2S. The fourth-order valence-corrected chi connectivity index (χ4v) is 0.927. The van der Waals surface area contributed by atoms with Crippen LogP contribution in [0, 0.1) is 0 Å². The van der Waals surface area contributed by atoms with Gasteiger partial charge >= 0.3 is 0 Å². The van der Waals surface area contributed by atoms with Crippen LogP contribution in [0.4, 0.5) is 0 Å². The van der Waals surface area contributed by atoms with Gasteiger partial charge in [-0.25, -0.2) is 4.72 Å². The van der Waals surface area contributed by atoms with E-state index in [4.69, 9.17) is 5.73 Å². The zero-order valence-electron chi connectivity index (χ0n) is 6.09. The van der Waals surface area contributed by atoms with Crippen molar-refractivity contribution in [3.8, 4) is 0 Å². The van der Waals surface area contributed by atoms with Crippen LogP contribution in [0.5, 0.6) is 0 Å². The van der Waals surface area contributed by atoms with Crippen molar-refractivity contribution < 1.29 is 8.42 Å². The Morgan fingerprint density at radius 1 is 1.50 bits per heavy atom. The average Bonchev–Trinajstić information content (AvgIpc) is 1.84. The van der Waals surface area contributed by atoms with E-state index in [1.54, 1.807) is 0 Å². The average molecular weight is 166 g/mol. The Bertz CT molecular complexity index is 175. The minimum absolute atomic E-state index is 0.0626. The van der Waals surface area contributed by atoms with Crippen LogP contribution in [0.25, 0.3) is 0 Å². The molecule has 0 amide bonds. The molecule has 2 N–H and O–H groups in total. The molecule has 0 aromatic carbocycles. The summed E-state index contributed by atoms with van der Waals surface area (Å²) in [4.78, 5) is 0. The molecule has 0 aromatic rings. The number of nitrogens with one attached hydrogen (secondary N) is 2. The van der Waals surface area contributed by atoms with Gasteiger partial charge in [0, 0.05) is 27.2 Å². The molecule has 5 nitrogen and oxygen atoms in total. The Labute approximate surface area is 61.4 Å². The monoisotopic (exact) mass is 166 g/mol. The molecule has 0 unspecified atom stereocenters. The Morgan fingerprint density at radius 2 is 2.00 bits per heavy atom. The largest absolute Gasteiger partial charge is 0.278 e. The van der Waals surface area contributed by atoms with E-state index in [2.05, 4.69) is 4.72 Å². The van der Waals surface area contributed by atoms with E-state index < -0.39 is 10.2 Å². The van der Waals surface area contributed by atoms with Gasteiger partial charge in [0.05, 0.1) is 0 Å². The number of hydrogen-bond acceptors (Lipinski definition) is 2. The maximum Gasteiger partial charge on any atom is 0.278 e. The van der Waals surface area contributed by atoms with Crippen LogP contribution in [0.15, 0.2) is 0 Å². The molecule has 0 bridgehead atoms. The third kappa shape index (κ3) is 3.11. The summed E-state index contributed by atoms with van der Waals surface area (Å²) < 4.78 is 24.9. The molecule has 6 heteroatoms. The summed E-state index contributed by atoms with van der Waals surface area (Å²) in [6.07, 6.45) is 0. The second kappa shape index (κ2) is 3.87. The zero-order chi connectivity index (χ0) is 8.20. The molecular weight excluding hydrogens is 154 g/mol. The third-order valence-corrected chi connectivity index (χ3v) is 2.42. The molecule has 0 saturated heterocycles. The van der Waals surface area contributed by atoms with E-state index >= 15 is 0 Å². The van der Waals surface area contributed by atoms with E-state index in [-0.39, 0.29) is 13.1 Å².